The fraction of sp³-hybridized carbons (Fsp3) is 0.571. The highest BCUT2D eigenvalue weighted by Crippen LogP contribution is 2.31. The van der Waals surface area contributed by atoms with Crippen LogP contribution in [0.1, 0.15) is 67.6 Å². The van der Waals surface area contributed by atoms with Gasteiger partial charge >= 0.3 is 0 Å². The van der Waals surface area contributed by atoms with Crippen molar-refractivity contribution < 1.29 is 23.5 Å². The van der Waals surface area contributed by atoms with E-state index in [0.29, 0.717) is 51.5 Å². The van der Waals surface area contributed by atoms with Crippen LogP contribution in [0, 0.1) is 11.8 Å². The zero-order valence-electron chi connectivity index (χ0n) is 20.9. The Labute approximate surface area is 212 Å². The zero-order chi connectivity index (χ0) is 25.2. The molecule has 1 aliphatic heterocycles. The number of Topliss-reactive ketones (excluding diaryl/α,β-unsaturated/α-hetero) is 1. The van der Waals surface area contributed by atoms with Crippen LogP contribution < -0.4 is 5.32 Å². The van der Waals surface area contributed by atoms with E-state index in [4.69, 9.17) is 9.15 Å². The highest BCUT2D eigenvalue weighted by molar-refractivity contribution is 5.99. The first kappa shape index (κ1) is 26.1. The number of hydrogen-bond donors (Lipinski definition) is 1. The molecule has 1 aliphatic carbocycles. The molecule has 1 saturated heterocycles. The number of aromatic nitrogens is 1. The van der Waals surface area contributed by atoms with Gasteiger partial charge in [0.25, 0.3) is 5.89 Å². The highest BCUT2D eigenvalue weighted by Gasteiger charge is 2.32. The van der Waals surface area contributed by atoms with Gasteiger partial charge in [-0.1, -0.05) is 62.4 Å². The number of ketones is 1. The van der Waals surface area contributed by atoms with Gasteiger partial charge in [-0.15, -0.1) is 0 Å². The number of benzene rings is 1. The van der Waals surface area contributed by atoms with Crippen LogP contribution in [-0.4, -0.2) is 59.8 Å². The molecule has 0 radical (unpaired) electrons. The molecule has 2 heterocycles. The Morgan fingerprint density at radius 1 is 1.06 bits per heavy atom. The second kappa shape index (κ2) is 13.3. The van der Waals surface area contributed by atoms with Gasteiger partial charge in [-0.2, -0.15) is 0 Å². The second-order valence-electron chi connectivity index (χ2n) is 9.92. The molecule has 8 heteroatoms. The Balaban J connectivity index is 1.47. The number of rotatable bonds is 11. The van der Waals surface area contributed by atoms with E-state index in [-0.39, 0.29) is 29.9 Å². The summed E-state index contributed by atoms with van der Waals surface area (Å²) in [4.78, 5) is 45.7. The summed E-state index contributed by atoms with van der Waals surface area (Å²) in [6.07, 6.45) is 10.4. The van der Waals surface area contributed by atoms with Crippen molar-refractivity contribution in [3.05, 3.63) is 54.2 Å². The highest BCUT2D eigenvalue weighted by atomic mass is 16.5. The van der Waals surface area contributed by atoms with Gasteiger partial charge < -0.3 is 19.4 Å². The van der Waals surface area contributed by atoms with Crippen LogP contribution in [0.25, 0.3) is 0 Å². The van der Waals surface area contributed by atoms with Gasteiger partial charge in [-0.25, -0.2) is 4.98 Å². The number of carbonyl (C=O) groups is 3. The predicted octanol–water partition coefficient (Wildman–Crippen LogP) is 3.81. The van der Waals surface area contributed by atoms with Crippen LogP contribution in [0.5, 0.6) is 0 Å². The molecule has 2 aromatic rings. The molecule has 1 N–H and O–H groups in total. The summed E-state index contributed by atoms with van der Waals surface area (Å²) in [5, 5.41) is 2.99. The van der Waals surface area contributed by atoms with E-state index >= 15 is 0 Å². The fourth-order valence-corrected chi connectivity index (χ4v) is 5.27. The molecule has 194 valence electrons. The maximum atomic E-state index is 13.6. The van der Waals surface area contributed by atoms with E-state index in [2.05, 4.69) is 10.3 Å². The van der Waals surface area contributed by atoms with Crippen LogP contribution in [0.3, 0.4) is 0 Å². The van der Waals surface area contributed by atoms with Crippen molar-refractivity contribution in [1.29, 1.82) is 0 Å². The van der Waals surface area contributed by atoms with Crippen molar-refractivity contribution in [1.82, 2.24) is 15.2 Å². The number of hydrogen-bond acceptors (Lipinski definition) is 6. The van der Waals surface area contributed by atoms with Gasteiger partial charge in [0.05, 0.1) is 25.5 Å². The van der Waals surface area contributed by atoms with Gasteiger partial charge in [-0.3, -0.25) is 14.4 Å². The number of morpholine rings is 1. The molecule has 1 aromatic heterocycles. The van der Waals surface area contributed by atoms with Crippen molar-refractivity contribution in [3.63, 3.8) is 0 Å². The van der Waals surface area contributed by atoms with E-state index in [9.17, 15) is 14.4 Å². The van der Waals surface area contributed by atoms with Gasteiger partial charge in [-0.05, 0) is 30.7 Å². The standard InChI is InChI=1S/C28H37N3O5/c32-25(31-14-17-35-18-15-31)20-23(19-22-9-5-2-6-10-22)27(34)30-24(26(33)28-29-13-16-36-28)12-11-21-7-3-1-4-8-21/h1,3-4,7-8,13,16,22-24H,2,5-6,9-12,14-15,17-20H2,(H,30,34)/t23-,24+/m0/s1. The third-order valence-electron chi connectivity index (χ3n) is 7.34. The summed E-state index contributed by atoms with van der Waals surface area (Å²) in [5.41, 5.74) is 1.08. The SMILES string of the molecule is O=C(N[C@H](CCc1ccccc1)C(=O)c1ncco1)[C@H](CC(=O)N1CCOCC1)CC1CCCCC1. The first-order valence-electron chi connectivity index (χ1n) is 13.2. The Bertz CT molecular complexity index is 966. The third-order valence-corrected chi connectivity index (χ3v) is 7.34. The van der Waals surface area contributed by atoms with Crippen LogP contribution >= 0.6 is 0 Å². The lowest BCUT2D eigenvalue weighted by molar-refractivity contribution is -0.140. The van der Waals surface area contributed by atoms with Crippen molar-refractivity contribution in [2.75, 3.05) is 26.3 Å². The average molecular weight is 496 g/mol. The second-order valence-corrected chi connectivity index (χ2v) is 9.92. The Kier molecular flexibility index (Phi) is 9.67. The quantitative estimate of drug-likeness (QED) is 0.476. The fourth-order valence-electron chi connectivity index (χ4n) is 5.27. The van der Waals surface area contributed by atoms with Crippen molar-refractivity contribution in [3.8, 4) is 0 Å². The number of carbonyl (C=O) groups excluding carboxylic acids is 3. The minimum absolute atomic E-state index is 0.0124. The minimum Gasteiger partial charge on any atom is -0.442 e. The number of amides is 2. The largest absolute Gasteiger partial charge is 0.442 e. The maximum absolute atomic E-state index is 13.6. The Morgan fingerprint density at radius 2 is 1.81 bits per heavy atom. The lowest BCUT2D eigenvalue weighted by atomic mass is 9.81. The van der Waals surface area contributed by atoms with Gasteiger partial charge in [0, 0.05) is 25.4 Å². The normalized spacial score (nSPS) is 18.4. The Morgan fingerprint density at radius 3 is 2.50 bits per heavy atom. The van der Waals surface area contributed by atoms with Crippen molar-refractivity contribution >= 4 is 17.6 Å². The molecule has 0 bridgehead atoms. The number of nitrogens with one attached hydrogen (secondary N) is 1. The molecule has 1 saturated carbocycles. The van der Waals surface area contributed by atoms with E-state index < -0.39 is 12.0 Å². The molecular formula is C28H37N3O5. The van der Waals surface area contributed by atoms with E-state index in [1.165, 1.54) is 31.7 Å². The van der Waals surface area contributed by atoms with Gasteiger partial charge in [0.2, 0.25) is 17.6 Å². The average Bonchev–Trinajstić information content (AvgIpc) is 3.47. The lowest BCUT2D eigenvalue weighted by Crippen LogP contribution is -2.47. The molecule has 36 heavy (non-hydrogen) atoms. The zero-order valence-corrected chi connectivity index (χ0v) is 20.9. The topological polar surface area (TPSA) is 102 Å². The molecule has 0 spiro atoms. The molecule has 2 aliphatic rings. The van der Waals surface area contributed by atoms with Crippen LogP contribution in [0.4, 0.5) is 0 Å². The molecule has 1 aromatic carbocycles. The molecule has 2 atom stereocenters. The van der Waals surface area contributed by atoms with Crippen LogP contribution in [0.2, 0.25) is 0 Å². The van der Waals surface area contributed by atoms with Crippen LogP contribution in [0.15, 0.2) is 47.2 Å². The smallest absolute Gasteiger partial charge is 0.265 e. The first-order chi connectivity index (χ1) is 17.6. The molecular weight excluding hydrogens is 458 g/mol. The van der Waals surface area contributed by atoms with Crippen LogP contribution in [-0.2, 0) is 20.7 Å². The summed E-state index contributed by atoms with van der Waals surface area (Å²) in [6.45, 7) is 2.16. The Hall–Kier alpha value is -3.00. The summed E-state index contributed by atoms with van der Waals surface area (Å²) in [5.74, 6) is -0.659. The molecule has 0 unspecified atom stereocenters. The predicted molar refractivity (Wildman–Crippen MR) is 134 cm³/mol. The molecule has 4 rings (SSSR count). The monoisotopic (exact) mass is 495 g/mol. The summed E-state index contributed by atoms with van der Waals surface area (Å²) in [7, 11) is 0. The summed E-state index contributed by atoms with van der Waals surface area (Å²) >= 11 is 0. The van der Waals surface area contributed by atoms with E-state index in [1.54, 1.807) is 4.90 Å². The summed E-state index contributed by atoms with van der Waals surface area (Å²) < 4.78 is 10.6. The minimum atomic E-state index is -0.774. The van der Waals surface area contributed by atoms with Crippen molar-refractivity contribution in [2.45, 2.75) is 63.8 Å². The number of aryl methyl sites for hydroxylation is 1. The van der Waals surface area contributed by atoms with Gasteiger partial charge in [0.1, 0.15) is 6.26 Å². The van der Waals surface area contributed by atoms with E-state index in [0.717, 1.165) is 18.4 Å². The first-order valence-corrected chi connectivity index (χ1v) is 13.2. The molecule has 8 nitrogen and oxygen atoms in total. The number of oxazole rings is 1. The molecule has 2 fully saturated rings. The number of nitrogens with zero attached hydrogens (tertiary/aromatic N) is 2. The molecule has 2 amide bonds. The maximum Gasteiger partial charge on any atom is 0.265 e. The summed E-state index contributed by atoms with van der Waals surface area (Å²) in [6, 6.07) is 9.08. The van der Waals surface area contributed by atoms with Gasteiger partial charge in [0.15, 0.2) is 0 Å². The third kappa shape index (κ3) is 7.50. The van der Waals surface area contributed by atoms with Crippen molar-refractivity contribution in [2.24, 2.45) is 11.8 Å². The van der Waals surface area contributed by atoms with E-state index in [1.807, 2.05) is 30.3 Å². The number of ether oxygens (including phenoxy) is 1. The lowest BCUT2D eigenvalue weighted by Gasteiger charge is -2.30.